The zero-order valence-electron chi connectivity index (χ0n) is 12.8. The number of benzene rings is 1. The first kappa shape index (κ1) is 16.4. The minimum atomic E-state index is -0.783. The first-order valence-corrected chi connectivity index (χ1v) is 7.68. The number of ether oxygens (including phenoxy) is 2. The number of rotatable bonds is 7. The maximum Gasteiger partial charge on any atom is 0.103 e. The topological polar surface area (TPSA) is 58.9 Å². The number of hydrogen-bond acceptors (Lipinski definition) is 4. The molecule has 0 amide bonds. The standard InChI is InChI=1S/C17H26O4/c1-12-8-16(15(19)9-18)21-17(12)13(2)10-20-11-14-6-4-3-5-7-14/h3-7,12-13,15-19H,8-11H2,1-2H3/t12-,13-,15-,16+,17+/m0/s1. The molecule has 1 fully saturated rings. The molecule has 1 aromatic rings. The van der Waals surface area contributed by atoms with Crippen LogP contribution >= 0.6 is 0 Å². The van der Waals surface area contributed by atoms with E-state index in [1.807, 2.05) is 30.3 Å². The van der Waals surface area contributed by atoms with Gasteiger partial charge in [0.05, 0.1) is 32.0 Å². The molecule has 2 N–H and O–H groups in total. The monoisotopic (exact) mass is 294 g/mol. The minimum Gasteiger partial charge on any atom is -0.394 e. The molecule has 1 aromatic carbocycles. The average molecular weight is 294 g/mol. The molecule has 118 valence electrons. The summed E-state index contributed by atoms with van der Waals surface area (Å²) in [6.07, 6.45) is -0.177. The Labute approximate surface area is 126 Å². The van der Waals surface area contributed by atoms with Gasteiger partial charge in [0.2, 0.25) is 0 Å². The Morgan fingerprint density at radius 1 is 1.33 bits per heavy atom. The van der Waals surface area contributed by atoms with Crippen molar-refractivity contribution in [1.82, 2.24) is 0 Å². The van der Waals surface area contributed by atoms with Gasteiger partial charge in [-0.1, -0.05) is 44.2 Å². The van der Waals surface area contributed by atoms with Crippen molar-refractivity contribution in [1.29, 1.82) is 0 Å². The third-order valence-corrected chi connectivity index (χ3v) is 4.17. The zero-order chi connectivity index (χ0) is 15.2. The fraction of sp³-hybridized carbons (Fsp3) is 0.647. The predicted octanol–water partition coefficient (Wildman–Crippen LogP) is 1.99. The van der Waals surface area contributed by atoms with Crippen molar-refractivity contribution < 1.29 is 19.7 Å². The molecule has 0 radical (unpaired) electrons. The fourth-order valence-electron chi connectivity index (χ4n) is 2.98. The second kappa shape index (κ2) is 7.90. The summed E-state index contributed by atoms with van der Waals surface area (Å²) >= 11 is 0. The summed E-state index contributed by atoms with van der Waals surface area (Å²) in [6.45, 7) is 5.23. The second-order valence-corrected chi connectivity index (χ2v) is 6.08. The smallest absolute Gasteiger partial charge is 0.103 e. The highest BCUT2D eigenvalue weighted by Gasteiger charge is 2.38. The Balaban J connectivity index is 1.76. The van der Waals surface area contributed by atoms with E-state index in [9.17, 15) is 5.11 Å². The summed E-state index contributed by atoms with van der Waals surface area (Å²) < 4.78 is 11.7. The quantitative estimate of drug-likeness (QED) is 0.807. The molecule has 0 aromatic heterocycles. The zero-order valence-corrected chi connectivity index (χ0v) is 12.8. The molecule has 4 heteroatoms. The van der Waals surface area contributed by atoms with Gasteiger partial charge < -0.3 is 19.7 Å². The Morgan fingerprint density at radius 2 is 2.05 bits per heavy atom. The van der Waals surface area contributed by atoms with Gasteiger partial charge in [0.25, 0.3) is 0 Å². The Hall–Kier alpha value is -0.940. The Bertz CT molecular complexity index is 409. The van der Waals surface area contributed by atoms with E-state index in [2.05, 4.69) is 13.8 Å². The number of aliphatic hydroxyl groups excluding tert-OH is 2. The molecule has 2 rings (SSSR count). The first-order chi connectivity index (χ1) is 10.1. The van der Waals surface area contributed by atoms with Gasteiger partial charge in [0.1, 0.15) is 6.10 Å². The van der Waals surface area contributed by atoms with Gasteiger partial charge in [-0.2, -0.15) is 0 Å². The van der Waals surface area contributed by atoms with Crippen LogP contribution in [-0.4, -0.2) is 41.7 Å². The lowest BCUT2D eigenvalue weighted by molar-refractivity contribution is -0.0795. The molecule has 0 saturated carbocycles. The Kier molecular flexibility index (Phi) is 6.18. The molecular formula is C17H26O4. The minimum absolute atomic E-state index is 0.0759. The molecular weight excluding hydrogens is 268 g/mol. The van der Waals surface area contributed by atoms with Crippen LogP contribution in [0.4, 0.5) is 0 Å². The molecule has 0 spiro atoms. The lowest BCUT2D eigenvalue weighted by Gasteiger charge is -2.23. The molecule has 0 aliphatic carbocycles. The molecule has 0 bridgehead atoms. The van der Waals surface area contributed by atoms with Crippen molar-refractivity contribution in [3.63, 3.8) is 0 Å². The highest BCUT2D eigenvalue weighted by atomic mass is 16.5. The summed E-state index contributed by atoms with van der Waals surface area (Å²) in [7, 11) is 0. The van der Waals surface area contributed by atoms with Crippen LogP contribution in [0.5, 0.6) is 0 Å². The first-order valence-electron chi connectivity index (χ1n) is 7.68. The van der Waals surface area contributed by atoms with Gasteiger partial charge in [-0.25, -0.2) is 0 Å². The largest absolute Gasteiger partial charge is 0.394 e. The van der Waals surface area contributed by atoms with Crippen molar-refractivity contribution in [3.8, 4) is 0 Å². The van der Waals surface area contributed by atoms with Crippen molar-refractivity contribution in [2.75, 3.05) is 13.2 Å². The fourth-order valence-corrected chi connectivity index (χ4v) is 2.98. The van der Waals surface area contributed by atoms with E-state index in [4.69, 9.17) is 14.6 Å². The lowest BCUT2D eigenvalue weighted by atomic mass is 9.92. The second-order valence-electron chi connectivity index (χ2n) is 6.08. The number of aliphatic hydroxyl groups is 2. The van der Waals surface area contributed by atoms with Crippen LogP contribution in [0.15, 0.2) is 30.3 Å². The van der Waals surface area contributed by atoms with E-state index in [0.29, 0.717) is 19.1 Å². The SMILES string of the molecule is C[C@@H](COCc1ccccc1)[C@@H]1O[C@@H]([C@@H](O)CO)C[C@@H]1C. The molecule has 1 aliphatic heterocycles. The van der Waals surface area contributed by atoms with Gasteiger partial charge in [-0.05, 0) is 17.9 Å². The third kappa shape index (κ3) is 4.51. The molecule has 4 nitrogen and oxygen atoms in total. The highest BCUT2D eigenvalue weighted by Crippen LogP contribution is 2.32. The van der Waals surface area contributed by atoms with E-state index in [-0.39, 0.29) is 24.7 Å². The van der Waals surface area contributed by atoms with Crippen LogP contribution in [0.3, 0.4) is 0 Å². The van der Waals surface area contributed by atoms with Crippen LogP contribution in [-0.2, 0) is 16.1 Å². The van der Waals surface area contributed by atoms with E-state index in [1.165, 1.54) is 5.56 Å². The molecule has 21 heavy (non-hydrogen) atoms. The molecule has 0 unspecified atom stereocenters. The molecule has 5 atom stereocenters. The van der Waals surface area contributed by atoms with E-state index in [1.54, 1.807) is 0 Å². The van der Waals surface area contributed by atoms with E-state index < -0.39 is 6.10 Å². The predicted molar refractivity (Wildman–Crippen MR) is 80.8 cm³/mol. The lowest BCUT2D eigenvalue weighted by Crippen LogP contribution is -2.32. The normalized spacial score (nSPS) is 28.5. The summed E-state index contributed by atoms with van der Waals surface area (Å²) in [5.41, 5.74) is 1.17. The van der Waals surface area contributed by atoms with Crippen LogP contribution in [0.1, 0.15) is 25.8 Å². The van der Waals surface area contributed by atoms with Gasteiger partial charge in [-0.3, -0.25) is 0 Å². The van der Waals surface area contributed by atoms with Gasteiger partial charge in [0.15, 0.2) is 0 Å². The highest BCUT2D eigenvalue weighted by molar-refractivity contribution is 5.13. The van der Waals surface area contributed by atoms with Gasteiger partial charge in [0, 0.05) is 5.92 Å². The van der Waals surface area contributed by atoms with Gasteiger partial charge in [-0.15, -0.1) is 0 Å². The summed E-state index contributed by atoms with van der Waals surface area (Å²) in [5.74, 6) is 0.631. The van der Waals surface area contributed by atoms with Crippen LogP contribution in [0.2, 0.25) is 0 Å². The Morgan fingerprint density at radius 3 is 2.71 bits per heavy atom. The maximum atomic E-state index is 9.69. The third-order valence-electron chi connectivity index (χ3n) is 4.17. The molecule has 1 saturated heterocycles. The van der Waals surface area contributed by atoms with E-state index >= 15 is 0 Å². The van der Waals surface area contributed by atoms with Crippen LogP contribution in [0, 0.1) is 11.8 Å². The van der Waals surface area contributed by atoms with Gasteiger partial charge >= 0.3 is 0 Å². The summed E-state index contributed by atoms with van der Waals surface area (Å²) in [6, 6.07) is 10.1. The average Bonchev–Trinajstić information content (AvgIpc) is 2.89. The van der Waals surface area contributed by atoms with Crippen molar-refractivity contribution in [3.05, 3.63) is 35.9 Å². The summed E-state index contributed by atoms with van der Waals surface area (Å²) in [4.78, 5) is 0. The number of hydrogen-bond donors (Lipinski definition) is 2. The maximum absolute atomic E-state index is 9.69. The molecule has 1 aliphatic rings. The van der Waals surface area contributed by atoms with Crippen LogP contribution < -0.4 is 0 Å². The van der Waals surface area contributed by atoms with Crippen molar-refractivity contribution in [2.45, 2.75) is 45.2 Å². The van der Waals surface area contributed by atoms with E-state index in [0.717, 1.165) is 6.42 Å². The van der Waals surface area contributed by atoms with Crippen molar-refractivity contribution in [2.24, 2.45) is 11.8 Å². The van der Waals surface area contributed by atoms with Crippen molar-refractivity contribution >= 4 is 0 Å². The van der Waals surface area contributed by atoms with Crippen LogP contribution in [0.25, 0.3) is 0 Å². The molecule has 1 heterocycles. The summed E-state index contributed by atoms with van der Waals surface area (Å²) in [5, 5.41) is 18.7.